The lowest BCUT2D eigenvalue weighted by molar-refractivity contribution is -0.222. The number of hydrogen-bond donors (Lipinski definition) is 0. The molecule has 0 unspecified atom stereocenters. The molecule has 0 atom stereocenters. The Morgan fingerprint density at radius 3 is 2.33 bits per heavy atom. The normalized spacial score (nSPS) is 17.1. The Morgan fingerprint density at radius 2 is 1.81 bits per heavy atom. The van der Waals surface area contributed by atoms with E-state index in [2.05, 4.69) is 0 Å². The predicted octanol–water partition coefficient (Wildman–Crippen LogP) is 2.71. The van der Waals surface area contributed by atoms with Gasteiger partial charge in [0.1, 0.15) is 17.1 Å². The third-order valence-electron chi connectivity index (χ3n) is 2.72. The van der Waals surface area contributed by atoms with Crippen LogP contribution >= 0.6 is 11.6 Å². The molecule has 0 aliphatic carbocycles. The van der Waals surface area contributed by atoms with Gasteiger partial charge >= 0.3 is 11.9 Å². The monoisotopic (exact) mass is 314 g/mol. The molecule has 1 saturated heterocycles. The Hall–Kier alpha value is -2.08. The van der Waals surface area contributed by atoms with Crippen molar-refractivity contribution in [3.05, 3.63) is 34.1 Å². The van der Waals surface area contributed by atoms with E-state index >= 15 is 0 Å². The van der Waals surface area contributed by atoms with E-state index in [1.807, 2.05) is 0 Å². The summed E-state index contributed by atoms with van der Waals surface area (Å²) in [6, 6.07) is 2.45. The Balaban J connectivity index is 2.52. The van der Waals surface area contributed by atoms with Gasteiger partial charge in [0, 0.05) is 19.4 Å². The summed E-state index contributed by atoms with van der Waals surface area (Å²) in [5, 5.41) is -0.271. The molecular formula is C14H12ClFO5. The molecule has 1 heterocycles. The van der Waals surface area contributed by atoms with E-state index in [4.69, 9.17) is 25.8 Å². The molecule has 1 aliphatic heterocycles. The Morgan fingerprint density at radius 1 is 1.24 bits per heavy atom. The summed E-state index contributed by atoms with van der Waals surface area (Å²) in [5.41, 5.74) is -0.331. The van der Waals surface area contributed by atoms with Crippen molar-refractivity contribution >= 4 is 29.6 Å². The summed E-state index contributed by atoms with van der Waals surface area (Å²) in [4.78, 5) is 23.7. The second-order valence-corrected chi connectivity index (χ2v) is 5.09. The van der Waals surface area contributed by atoms with Gasteiger partial charge in [0.25, 0.3) is 5.79 Å². The van der Waals surface area contributed by atoms with Crippen LogP contribution in [0, 0.1) is 5.82 Å². The van der Waals surface area contributed by atoms with Gasteiger partial charge in [-0.05, 0) is 18.2 Å². The van der Waals surface area contributed by atoms with Crippen LogP contribution in [0.4, 0.5) is 4.39 Å². The smallest absolute Gasteiger partial charge is 0.348 e. The number of halogens is 2. The zero-order valence-corrected chi connectivity index (χ0v) is 12.3. The molecule has 5 nitrogen and oxygen atoms in total. The molecule has 112 valence electrons. The summed E-state index contributed by atoms with van der Waals surface area (Å²) in [6.07, 6.45) is 1.09. The van der Waals surface area contributed by atoms with Gasteiger partial charge in [0.15, 0.2) is 0 Å². The number of carbonyl (C=O) groups excluding carboxylic acids is 2. The van der Waals surface area contributed by atoms with Crippen molar-refractivity contribution in [2.24, 2.45) is 0 Å². The number of carbonyl (C=O) groups is 2. The maximum absolute atomic E-state index is 13.5. The van der Waals surface area contributed by atoms with E-state index < -0.39 is 23.5 Å². The van der Waals surface area contributed by atoms with Gasteiger partial charge in [-0.25, -0.2) is 14.0 Å². The summed E-state index contributed by atoms with van der Waals surface area (Å²) >= 11 is 5.84. The fourth-order valence-electron chi connectivity index (χ4n) is 1.78. The van der Waals surface area contributed by atoms with Gasteiger partial charge in [-0.3, -0.25) is 0 Å². The van der Waals surface area contributed by atoms with Crippen molar-refractivity contribution in [2.45, 2.75) is 19.6 Å². The minimum Gasteiger partial charge on any atom is -0.496 e. The maximum Gasteiger partial charge on any atom is 0.348 e. The van der Waals surface area contributed by atoms with Crippen LogP contribution in [0.2, 0.25) is 5.02 Å². The van der Waals surface area contributed by atoms with E-state index in [9.17, 15) is 14.0 Å². The average Bonchev–Trinajstić information content (AvgIpc) is 2.37. The average molecular weight is 315 g/mol. The van der Waals surface area contributed by atoms with Gasteiger partial charge in [-0.2, -0.15) is 0 Å². The molecule has 0 amide bonds. The molecule has 0 radical (unpaired) electrons. The number of rotatable bonds is 2. The zero-order chi connectivity index (χ0) is 15.8. The second kappa shape index (κ2) is 5.37. The lowest BCUT2D eigenvalue weighted by Gasteiger charge is -2.29. The van der Waals surface area contributed by atoms with E-state index in [0.717, 1.165) is 12.1 Å². The van der Waals surface area contributed by atoms with Crippen LogP contribution < -0.4 is 4.74 Å². The summed E-state index contributed by atoms with van der Waals surface area (Å²) < 4.78 is 28.4. The molecule has 0 N–H and O–H groups in total. The van der Waals surface area contributed by atoms with Crippen molar-refractivity contribution < 1.29 is 28.2 Å². The Bertz CT molecular complexity index is 629. The van der Waals surface area contributed by atoms with E-state index in [1.165, 1.54) is 27.0 Å². The number of methoxy groups -OCH3 is 1. The molecule has 7 heteroatoms. The molecule has 1 aromatic carbocycles. The van der Waals surface area contributed by atoms with Crippen LogP contribution in [0.15, 0.2) is 17.7 Å². The van der Waals surface area contributed by atoms with Gasteiger partial charge in [-0.1, -0.05) is 11.6 Å². The predicted molar refractivity (Wildman–Crippen MR) is 72.2 cm³/mol. The fraction of sp³-hybridized carbons (Fsp3) is 0.286. The number of benzene rings is 1. The topological polar surface area (TPSA) is 61.8 Å². The number of ether oxygens (including phenoxy) is 3. The molecule has 1 aliphatic rings. The van der Waals surface area contributed by atoms with Crippen LogP contribution in [0.3, 0.4) is 0 Å². The molecule has 2 rings (SSSR count). The molecule has 21 heavy (non-hydrogen) atoms. The highest BCUT2D eigenvalue weighted by Crippen LogP contribution is 2.33. The van der Waals surface area contributed by atoms with E-state index in [-0.39, 0.29) is 21.9 Å². The molecule has 0 bridgehead atoms. The van der Waals surface area contributed by atoms with Crippen LogP contribution in [-0.4, -0.2) is 24.8 Å². The standard InChI is InChI=1S/C14H12ClFO5/c1-14(2)20-12(17)8(13(18)21-14)6-7-10(19-3)5-4-9(16)11(7)15/h4-6H,1-3H3. The van der Waals surface area contributed by atoms with Crippen molar-refractivity contribution in [3.8, 4) is 5.75 Å². The Kier molecular flexibility index (Phi) is 3.91. The number of hydrogen-bond acceptors (Lipinski definition) is 5. The van der Waals surface area contributed by atoms with Crippen LogP contribution in [0.5, 0.6) is 5.75 Å². The van der Waals surface area contributed by atoms with E-state index in [1.54, 1.807) is 0 Å². The lowest BCUT2D eigenvalue weighted by atomic mass is 10.1. The van der Waals surface area contributed by atoms with Crippen LogP contribution in [0.1, 0.15) is 19.4 Å². The SMILES string of the molecule is COc1ccc(F)c(Cl)c1C=C1C(=O)OC(C)(C)OC1=O. The number of cyclic esters (lactones) is 2. The highest BCUT2D eigenvalue weighted by Gasteiger charge is 2.39. The lowest BCUT2D eigenvalue weighted by Crippen LogP contribution is -2.41. The van der Waals surface area contributed by atoms with Crippen molar-refractivity contribution in [3.63, 3.8) is 0 Å². The maximum atomic E-state index is 13.5. The van der Waals surface area contributed by atoms with Crippen molar-refractivity contribution in [1.29, 1.82) is 0 Å². The van der Waals surface area contributed by atoms with E-state index in [0.29, 0.717) is 0 Å². The number of esters is 2. The van der Waals surface area contributed by atoms with Gasteiger partial charge in [0.2, 0.25) is 0 Å². The Labute approximate surface area is 125 Å². The largest absolute Gasteiger partial charge is 0.496 e. The summed E-state index contributed by atoms with van der Waals surface area (Å²) in [6.45, 7) is 2.85. The highest BCUT2D eigenvalue weighted by molar-refractivity contribution is 6.33. The second-order valence-electron chi connectivity index (χ2n) is 4.71. The van der Waals surface area contributed by atoms with Gasteiger partial charge in [-0.15, -0.1) is 0 Å². The summed E-state index contributed by atoms with van der Waals surface area (Å²) in [5.74, 6) is -3.60. The zero-order valence-electron chi connectivity index (χ0n) is 11.5. The summed E-state index contributed by atoms with van der Waals surface area (Å²) in [7, 11) is 1.35. The molecular weight excluding hydrogens is 303 g/mol. The first-order valence-electron chi connectivity index (χ1n) is 5.95. The van der Waals surface area contributed by atoms with Crippen LogP contribution in [0.25, 0.3) is 6.08 Å². The molecule has 1 aromatic rings. The molecule has 0 spiro atoms. The van der Waals surface area contributed by atoms with Gasteiger partial charge < -0.3 is 14.2 Å². The molecule has 1 fully saturated rings. The minimum absolute atomic E-state index is 0.0581. The van der Waals surface area contributed by atoms with Gasteiger partial charge in [0.05, 0.1) is 12.1 Å². The first kappa shape index (κ1) is 15.3. The highest BCUT2D eigenvalue weighted by atomic mass is 35.5. The van der Waals surface area contributed by atoms with Crippen molar-refractivity contribution in [1.82, 2.24) is 0 Å². The molecule has 0 saturated carbocycles. The third-order valence-corrected chi connectivity index (χ3v) is 3.10. The van der Waals surface area contributed by atoms with Crippen LogP contribution in [-0.2, 0) is 19.1 Å². The quantitative estimate of drug-likeness (QED) is 0.477. The molecule has 0 aromatic heterocycles. The first-order chi connectivity index (χ1) is 9.75. The fourth-order valence-corrected chi connectivity index (χ4v) is 1.99. The first-order valence-corrected chi connectivity index (χ1v) is 6.33. The third kappa shape index (κ3) is 3.00. The minimum atomic E-state index is -1.35. The van der Waals surface area contributed by atoms with Crippen molar-refractivity contribution in [2.75, 3.05) is 7.11 Å².